The highest BCUT2D eigenvalue weighted by atomic mass is 19.4. The number of hydrogen-bond acceptors (Lipinski definition) is 4. The topological polar surface area (TPSA) is 58.6 Å². The number of halogens is 3. The summed E-state index contributed by atoms with van der Waals surface area (Å²) >= 11 is 0. The molecule has 4 nitrogen and oxygen atoms in total. The Bertz CT molecular complexity index is 206. The maximum absolute atomic E-state index is 12.3. The van der Waals surface area contributed by atoms with Gasteiger partial charge in [-0.3, -0.25) is 0 Å². The number of rotatable bonds is 1. The van der Waals surface area contributed by atoms with Crippen molar-refractivity contribution < 1.29 is 32.5 Å². The highest BCUT2D eigenvalue weighted by molar-refractivity contribution is 5.55. The Hall–Kier alpha value is -0.980. The molecule has 13 heavy (non-hydrogen) atoms. The van der Waals surface area contributed by atoms with Crippen molar-refractivity contribution in [3.63, 3.8) is 0 Å². The molecule has 1 unspecified atom stereocenters. The van der Waals surface area contributed by atoms with E-state index in [9.17, 15) is 23.1 Å². The number of ether oxygens (including phenoxy) is 2. The molecular weight excluding hydrogens is 193 g/mol. The van der Waals surface area contributed by atoms with Crippen LogP contribution in [0.3, 0.4) is 0 Å². The van der Waals surface area contributed by atoms with Gasteiger partial charge >= 0.3 is 6.18 Å². The van der Waals surface area contributed by atoms with E-state index in [1.807, 2.05) is 0 Å². The van der Waals surface area contributed by atoms with Crippen molar-refractivity contribution >= 4 is 6.16 Å². The molecular formula is C6H6F3O4-. The van der Waals surface area contributed by atoms with Gasteiger partial charge in [-0.25, -0.2) is 0 Å². The number of carbonyl (C=O) groups is 1. The molecule has 0 radical (unpaired) electrons. The zero-order chi connectivity index (χ0) is 10.1. The monoisotopic (exact) mass is 199 g/mol. The summed E-state index contributed by atoms with van der Waals surface area (Å²) in [4.78, 5) is 9.92. The molecule has 1 fully saturated rings. The van der Waals surface area contributed by atoms with Crippen LogP contribution in [0.1, 0.15) is 6.42 Å². The van der Waals surface area contributed by atoms with E-state index in [-0.39, 0.29) is 6.61 Å². The lowest BCUT2D eigenvalue weighted by atomic mass is 10.0. The Kier molecular flexibility index (Phi) is 2.38. The lowest BCUT2D eigenvalue weighted by molar-refractivity contribution is -0.329. The molecule has 0 amide bonds. The molecule has 0 aliphatic carbocycles. The van der Waals surface area contributed by atoms with Crippen molar-refractivity contribution in [2.75, 3.05) is 13.2 Å². The molecule has 0 aromatic rings. The first-order valence-corrected chi connectivity index (χ1v) is 3.42. The molecule has 1 heterocycles. The van der Waals surface area contributed by atoms with Gasteiger partial charge in [0.2, 0.25) is 0 Å². The largest absolute Gasteiger partial charge is 0.531 e. The van der Waals surface area contributed by atoms with Crippen molar-refractivity contribution in [3.8, 4) is 0 Å². The Balaban J connectivity index is 2.81. The maximum Gasteiger partial charge on any atom is 0.413 e. The average molecular weight is 199 g/mol. The van der Waals surface area contributed by atoms with E-state index in [1.54, 1.807) is 0 Å². The van der Waals surface area contributed by atoms with Gasteiger partial charge in [-0.05, 0) is 0 Å². The van der Waals surface area contributed by atoms with E-state index < -0.39 is 31.0 Å². The first-order chi connectivity index (χ1) is 5.87. The van der Waals surface area contributed by atoms with E-state index in [1.165, 1.54) is 0 Å². The van der Waals surface area contributed by atoms with Crippen LogP contribution in [0.2, 0.25) is 0 Å². The maximum atomic E-state index is 12.3. The van der Waals surface area contributed by atoms with Crippen molar-refractivity contribution in [2.24, 2.45) is 0 Å². The van der Waals surface area contributed by atoms with Crippen LogP contribution < -0.4 is 5.11 Å². The highest BCUT2D eigenvalue weighted by Crippen LogP contribution is 2.39. The van der Waals surface area contributed by atoms with Gasteiger partial charge in [0.25, 0.3) is 6.16 Å². The average Bonchev–Trinajstić information content (AvgIpc) is 2.33. The molecule has 0 aromatic carbocycles. The van der Waals surface area contributed by atoms with E-state index in [0.717, 1.165) is 0 Å². The summed E-state index contributed by atoms with van der Waals surface area (Å²) in [6, 6.07) is 0. The second-order valence-corrected chi connectivity index (χ2v) is 2.65. The minimum Gasteiger partial charge on any atom is -0.531 e. The standard InChI is InChI=1S/C6H7F3O4/c7-6(8,9)5(13-4(10)11)1-2-12-3-5/h1-3H2,(H,10,11)/p-1. The van der Waals surface area contributed by atoms with Gasteiger partial charge in [0, 0.05) is 13.0 Å². The third-order valence-electron chi connectivity index (χ3n) is 1.78. The molecule has 1 aliphatic heterocycles. The van der Waals surface area contributed by atoms with E-state index >= 15 is 0 Å². The van der Waals surface area contributed by atoms with Gasteiger partial charge in [-0.15, -0.1) is 0 Å². The third kappa shape index (κ3) is 1.85. The van der Waals surface area contributed by atoms with Gasteiger partial charge < -0.3 is 19.4 Å². The van der Waals surface area contributed by atoms with Crippen molar-refractivity contribution in [1.82, 2.24) is 0 Å². The molecule has 0 saturated carbocycles. The van der Waals surface area contributed by atoms with Gasteiger partial charge in [-0.1, -0.05) is 0 Å². The Morgan fingerprint density at radius 3 is 2.46 bits per heavy atom. The first kappa shape index (κ1) is 10.1. The third-order valence-corrected chi connectivity index (χ3v) is 1.78. The summed E-state index contributed by atoms with van der Waals surface area (Å²) in [5.74, 6) is 0. The van der Waals surface area contributed by atoms with E-state index in [0.29, 0.717) is 0 Å². The summed E-state index contributed by atoms with van der Waals surface area (Å²) in [6.07, 6.45) is -7.48. The summed E-state index contributed by atoms with van der Waals surface area (Å²) in [6.45, 7) is -0.975. The van der Waals surface area contributed by atoms with E-state index in [2.05, 4.69) is 9.47 Å². The highest BCUT2D eigenvalue weighted by Gasteiger charge is 2.56. The Morgan fingerprint density at radius 1 is 1.54 bits per heavy atom. The van der Waals surface area contributed by atoms with E-state index in [4.69, 9.17) is 0 Å². The summed E-state index contributed by atoms with van der Waals surface area (Å²) < 4.78 is 45.0. The van der Waals surface area contributed by atoms with Crippen LogP contribution in [-0.4, -0.2) is 31.1 Å². The fraction of sp³-hybridized carbons (Fsp3) is 0.833. The van der Waals surface area contributed by atoms with Crippen molar-refractivity contribution in [2.45, 2.75) is 18.2 Å². The number of carboxylic acid groups (broad SMARTS) is 1. The fourth-order valence-electron chi connectivity index (χ4n) is 1.07. The summed E-state index contributed by atoms with van der Waals surface area (Å²) in [7, 11) is 0. The lowest BCUT2D eigenvalue weighted by Crippen LogP contribution is -2.51. The molecule has 1 aliphatic rings. The minimum atomic E-state index is -4.76. The second-order valence-electron chi connectivity index (χ2n) is 2.65. The van der Waals surface area contributed by atoms with Crippen molar-refractivity contribution in [3.05, 3.63) is 0 Å². The van der Waals surface area contributed by atoms with Crippen LogP contribution in [0.4, 0.5) is 18.0 Å². The van der Waals surface area contributed by atoms with Gasteiger partial charge in [0.05, 0.1) is 6.61 Å². The lowest BCUT2D eigenvalue weighted by Gasteiger charge is -2.33. The predicted molar refractivity (Wildman–Crippen MR) is 30.7 cm³/mol. The Labute approximate surface area is 71.2 Å². The SMILES string of the molecule is O=C([O-])OC1(C(F)(F)F)CCOC1. The molecule has 0 spiro atoms. The molecule has 1 saturated heterocycles. The quantitative estimate of drug-likeness (QED) is 0.560. The second kappa shape index (κ2) is 3.06. The molecule has 0 bridgehead atoms. The molecule has 7 heteroatoms. The summed E-state index contributed by atoms with van der Waals surface area (Å²) in [5, 5.41) is 9.92. The predicted octanol–water partition coefficient (Wildman–Crippen LogP) is 0.0677. The van der Waals surface area contributed by atoms with Crippen LogP contribution in [0.25, 0.3) is 0 Å². The normalized spacial score (nSPS) is 28.8. The van der Waals surface area contributed by atoms with Gasteiger partial charge in [0.15, 0.2) is 5.60 Å². The fourth-order valence-corrected chi connectivity index (χ4v) is 1.07. The molecule has 0 N–H and O–H groups in total. The first-order valence-electron chi connectivity index (χ1n) is 3.42. The Morgan fingerprint density at radius 2 is 2.15 bits per heavy atom. The van der Waals surface area contributed by atoms with Crippen LogP contribution in [0, 0.1) is 0 Å². The smallest absolute Gasteiger partial charge is 0.413 e. The van der Waals surface area contributed by atoms with Crippen LogP contribution in [0.5, 0.6) is 0 Å². The van der Waals surface area contributed by atoms with Crippen LogP contribution in [-0.2, 0) is 9.47 Å². The van der Waals surface area contributed by atoms with Crippen LogP contribution >= 0.6 is 0 Å². The zero-order valence-electron chi connectivity index (χ0n) is 6.39. The zero-order valence-corrected chi connectivity index (χ0v) is 6.39. The molecule has 1 atom stereocenters. The number of carbonyl (C=O) groups excluding carboxylic acids is 1. The molecule has 76 valence electrons. The molecule has 0 aromatic heterocycles. The van der Waals surface area contributed by atoms with Gasteiger partial charge in [0.1, 0.15) is 0 Å². The number of alkyl halides is 3. The van der Waals surface area contributed by atoms with Crippen molar-refractivity contribution in [1.29, 1.82) is 0 Å². The molecule has 1 rings (SSSR count). The summed E-state index contributed by atoms with van der Waals surface area (Å²) in [5.41, 5.74) is -2.73. The number of hydrogen-bond donors (Lipinski definition) is 0. The van der Waals surface area contributed by atoms with Gasteiger partial charge in [-0.2, -0.15) is 13.2 Å². The van der Waals surface area contributed by atoms with Crippen LogP contribution in [0.15, 0.2) is 0 Å². The minimum absolute atomic E-state index is 0.174.